The number of ether oxygens (including phenoxy) is 2. The second kappa shape index (κ2) is 9.70. The molecule has 1 aliphatic rings. The predicted octanol–water partition coefficient (Wildman–Crippen LogP) is 2.81. The van der Waals surface area contributed by atoms with Crippen molar-refractivity contribution < 1.29 is 23.9 Å². The fourth-order valence-electron chi connectivity index (χ4n) is 3.47. The molecule has 2 aromatic carbocycles. The Bertz CT molecular complexity index is 997. The maximum Gasteiger partial charge on any atom is 0.244 e. The van der Waals surface area contributed by atoms with E-state index in [4.69, 9.17) is 21.1 Å². The number of anilines is 2. The molecule has 164 valence electrons. The number of para-hydroxylation sites is 1. The molecule has 1 saturated heterocycles. The molecule has 0 aliphatic carbocycles. The van der Waals surface area contributed by atoms with Crippen LogP contribution < -0.4 is 19.7 Å². The molecule has 0 aromatic heterocycles. The molecule has 3 amide bonds. The van der Waals surface area contributed by atoms with Gasteiger partial charge in [-0.3, -0.25) is 14.4 Å². The summed E-state index contributed by atoms with van der Waals surface area (Å²) in [6.07, 6.45) is 0.0731. The van der Waals surface area contributed by atoms with Gasteiger partial charge in [-0.15, -0.1) is 0 Å². The molecule has 0 spiro atoms. The van der Waals surface area contributed by atoms with E-state index < -0.39 is 5.92 Å². The lowest BCUT2D eigenvalue weighted by molar-refractivity contribution is -0.137. The zero-order valence-corrected chi connectivity index (χ0v) is 18.3. The van der Waals surface area contributed by atoms with Crippen LogP contribution in [-0.4, -0.2) is 57.0 Å². The molecule has 1 aliphatic heterocycles. The number of rotatable bonds is 7. The lowest BCUT2D eigenvalue weighted by Gasteiger charge is -2.21. The lowest BCUT2D eigenvalue weighted by Crippen LogP contribution is -2.39. The van der Waals surface area contributed by atoms with Gasteiger partial charge in [0.2, 0.25) is 17.7 Å². The van der Waals surface area contributed by atoms with E-state index in [2.05, 4.69) is 5.32 Å². The summed E-state index contributed by atoms with van der Waals surface area (Å²) < 4.78 is 10.5. The highest BCUT2D eigenvalue weighted by Gasteiger charge is 2.37. The van der Waals surface area contributed by atoms with E-state index in [-0.39, 0.29) is 37.2 Å². The van der Waals surface area contributed by atoms with Gasteiger partial charge in [-0.25, -0.2) is 0 Å². The van der Waals surface area contributed by atoms with Gasteiger partial charge in [0.05, 0.1) is 37.4 Å². The standard InChI is InChI=1S/C22H24ClN3O5/c1-25(13-20(27)24-17-7-5-4-6-16(17)23)22(29)14-10-21(28)26(12-14)15-8-9-18(30-2)19(11-15)31-3/h4-9,11,14H,10,12-13H2,1-3H3,(H,24,27). The van der Waals surface area contributed by atoms with Gasteiger partial charge in [0.25, 0.3) is 0 Å². The zero-order chi connectivity index (χ0) is 22.5. The summed E-state index contributed by atoms with van der Waals surface area (Å²) in [5, 5.41) is 3.10. The van der Waals surface area contributed by atoms with Crippen molar-refractivity contribution >= 4 is 40.7 Å². The van der Waals surface area contributed by atoms with Crippen LogP contribution in [0.1, 0.15) is 6.42 Å². The van der Waals surface area contributed by atoms with Crippen molar-refractivity contribution in [3.8, 4) is 11.5 Å². The fraction of sp³-hybridized carbons (Fsp3) is 0.318. The van der Waals surface area contributed by atoms with Crippen molar-refractivity contribution in [2.24, 2.45) is 5.92 Å². The van der Waals surface area contributed by atoms with Gasteiger partial charge in [-0.05, 0) is 24.3 Å². The van der Waals surface area contributed by atoms with Crippen molar-refractivity contribution in [1.29, 1.82) is 0 Å². The fourth-order valence-corrected chi connectivity index (χ4v) is 3.66. The van der Waals surface area contributed by atoms with E-state index in [1.54, 1.807) is 47.4 Å². The molecular formula is C22H24ClN3O5. The van der Waals surface area contributed by atoms with Crippen LogP contribution in [-0.2, 0) is 14.4 Å². The SMILES string of the molecule is COc1ccc(N2CC(C(=O)N(C)CC(=O)Nc3ccccc3Cl)CC2=O)cc1OC. The summed E-state index contributed by atoms with van der Waals surface area (Å²) in [7, 11) is 4.59. The summed E-state index contributed by atoms with van der Waals surface area (Å²) in [5.74, 6) is -0.306. The third-order valence-electron chi connectivity index (χ3n) is 5.06. The Balaban J connectivity index is 1.63. The first-order valence-electron chi connectivity index (χ1n) is 9.65. The largest absolute Gasteiger partial charge is 0.493 e. The molecule has 0 saturated carbocycles. The number of amides is 3. The van der Waals surface area contributed by atoms with Crippen molar-refractivity contribution in [2.45, 2.75) is 6.42 Å². The Hall–Kier alpha value is -3.26. The van der Waals surface area contributed by atoms with Crippen molar-refractivity contribution in [3.05, 3.63) is 47.5 Å². The van der Waals surface area contributed by atoms with E-state index in [1.165, 1.54) is 26.2 Å². The van der Waals surface area contributed by atoms with Crippen LogP contribution in [0.4, 0.5) is 11.4 Å². The topological polar surface area (TPSA) is 88.2 Å². The molecule has 0 radical (unpaired) electrons. The first kappa shape index (κ1) is 22.4. The van der Waals surface area contributed by atoms with E-state index in [9.17, 15) is 14.4 Å². The first-order valence-corrected chi connectivity index (χ1v) is 10.0. The van der Waals surface area contributed by atoms with Crippen LogP contribution >= 0.6 is 11.6 Å². The van der Waals surface area contributed by atoms with Crippen LogP contribution in [0.5, 0.6) is 11.5 Å². The van der Waals surface area contributed by atoms with Gasteiger partial charge in [-0.1, -0.05) is 23.7 Å². The highest BCUT2D eigenvalue weighted by Crippen LogP contribution is 2.34. The van der Waals surface area contributed by atoms with Crippen LogP contribution in [0, 0.1) is 5.92 Å². The van der Waals surface area contributed by atoms with Gasteiger partial charge in [0, 0.05) is 31.8 Å². The average molecular weight is 446 g/mol. The Morgan fingerprint density at radius 2 is 1.87 bits per heavy atom. The number of nitrogens with zero attached hydrogens (tertiary/aromatic N) is 2. The quantitative estimate of drug-likeness (QED) is 0.708. The number of likely N-dealkylation sites (N-methyl/N-ethyl adjacent to an activating group) is 1. The lowest BCUT2D eigenvalue weighted by atomic mass is 10.1. The molecule has 1 fully saturated rings. The average Bonchev–Trinajstić information content (AvgIpc) is 3.15. The summed E-state index contributed by atoms with van der Waals surface area (Å²) in [6.45, 7) is 0.0781. The molecule has 1 heterocycles. The second-order valence-electron chi connectivity index (χ2n) is 7.17. The second-order valence-corrected chi connectivity index (χ2v) is 7.57. The minimum absolute atomic E-state index is 0.0731. The maximum absolute atomic E-state index is 12.8. The van der Waals surface area contributed by atoms with E-state index >= 15 is 0 Å². The highest BCUT2D eigenvalue weighted by atomic mass is 35.5. The molecule has 0 bridgehead atoms. The molecule has 1 atom stereocenters. The number of carbonyl (C=O) groups excluding carboxylic acids is 3. The smallest absolute Gasteiger partial charge is 0.244 e. The summed E-state index contributed by atoms with van der Waals surface area (Å²) in [6, 6.07) is 12.0. The molecule has 3 rings (SSSR count). The van der Waals surface area contributed by atoms with E-state index in [0.717, 1.165) is 0 Å². The molecule has 8 nitrogen and oxygen atoms in total. The zero-order valence-electron chi connectivity index (χ0n) is 17.6. The normalized spacial score (nSPS) is 15.5. The van der Waals surface area contributed by atoms with Gasteiger partial charge < -0.3 is 24.6 Å². The van der Waals surface area contributed by atoms with E-state index in [0.29, 0.717) is 27.9 Å². The minimum atomic E-state index is -0.543. The monoisotopic (exact) mass is 445 g/mol. The summed E-state index contributed by atoms with van der Waals surface area (Å²) >= 11 is 6.05. The van der Waals surface area contributed by atoms with Crippen LogP contribution in [0.15, 0.2) is 42.5 Å². The van der Waals surface area contributed by atoms with Gasteiger partial charge in [0.15, 0.2) is 11.5 Å². The first-order chi connectivity index (χ1) is 14.8. The number of benzene rings is 2. The van der Waals surface area contributed by atoms with Gasteiger partial charge >= 0.3 is 0 Å². The molecule has 1 N–H and O–H groups in total. The van der Waals surface area contributed by atoms with Crippen molar-refractivity contribution in [2.75, 3.05) is 44.6 Å². The number of hydrogen-bond acceptors (Lipinski definition) is 5. The van der Waals surface area contributed by atoms with E-state index in [1.807, 2.05) is 0 Å². The number of hydrogen-bond donors (Lipinski definition) is 1. The van der Waals surface area contributed by atoms with Crippen molar-refractivity contribution in [1.82, 2.24) is 4.90 Å². The molecule has 1 unspecified atom stereocenters. The molecular weight excluding hydrogens is 422 g/mol. The third-order valence-corrected chi connectivity index (χ3v) is 5.39. The Labute approximate surface area is 185 Å². The third kappa shape index (κ3) is 5.08. The summed E-state index contributed by atoms with van der Waals surface area (Å²) in [5.41, 5.74) is 1.10. The van der Waals surface area contributed by atoms with Crippen LogP contribution in [0.2, 0.25) is 5.02 Å². The number of carbonyl (C=O) groups is 3. The molecule has 31 heavy (non-hydrogen) atoms. The minimum Gasteiger partial charge on any atom is -0.493 e. The van der Waals surface area contributed by atoms with Gasteiger partial charge in [0.1, 0.15) is 0 Å². The molecule has 2 aromatic rings. The van der Waals surface area contributed by atoms with Crippen molar-refractivity contribution in [3.63, 3.8) is 0 Å². The van der Waals surface area contributed by atoms with Crippen LogP contribution in [0.25, 0.3) is 0 Å². The summed E-state index contributed by atoms with van der Waals surface area (Å²) in [4.78, 5) is 40.6. The van der Waals surface area contributed by atoms with Gasteiger partial charge in [-0.2, -0.15) is 0 Å². The number of nitrogens with one attached hydrogen (secondary N) is 1. The Kier molecular flexibility index (Phi) is 7.02. The Morgan fingerprint density at radius 3 is 2.55 bits per heavy atom. The predicted molar refractivity (Wildman–Crippen MR) is 118 cm³/mol. The number of methoxy groups -OCH3 is 2. The molecule has 9 heteroatoms. The van der Waals surface area contributed by atoms with Crippen LogP contribution in [0.3, 0.4) is 0 Å². The maximum atomic E-state index is 12.8. The highest BCUT2D eigenvalue weighted by molar-refractivity contribution is 6.33. The Morgan fingerprint density at radius 1 is 1.16 bits per heavy atom. The number of halogens is 1.